The van der Waals surface area contributed by atoms with Gasteiger partial charge in [-0.15, -0.1) is 0 Å². The second-order valence-electron chi connectivity index (χ2n) is 7.77. The van der Waals surface area contributed by atoms with Crippen LogP contribution in [0.1, 0.15) is 60.9 Å². The number of nitrogens with zero attached hydrogens (tertiary/aromatic N) is 1. The van der Waals surface area contributed by atoms with Crippen LogP contribution in [0.15, 0.2) is 24.3 Å². The van der Waals surface area contributed by atoms with E-state index >= 15 is 0 Å². The van der Waals surface area contributed by atoms with Crippen LogP contribution in [0, 0.1) is 5.92 Å². The van der Waals surface area contributed by atoms with E-state index in [9.17, 15) is 14.4 Å². The third-order valence-corrected chi connectivity index (χ3v) is 5.75. The maximum absolute atomic E-state index is 12.5. The van der Waals surface area contributed by atoms with E-state index in [1.165, 1.54) is 31.4 Å². The number of aromatic carboxylic acids is 1. The standard InChI is InChI=1S/C21H29N3O4/c25-19(23-18-4-2-1-3-5-18)16-10-12-24(13-11-16)21(28)22-14-15-6-8-17(9-7-15)20(26)27/h6-9,16,18H,1-5,10-14H2,(H,22,28)(H,23,25)(H,26,27). The Bertz CT molecular complexity index is 690. The molecular formula is C21H29N3O4. The molecule has 1 aliphatic heterocycles. The average Bonchev–Trinajstić information content (AvgIpc) is 2.73. The highest BCUT2D eigenvalue weighted by molar-refractivity contribution is 5.87. The largest absolute Gasteiger partial charge is 0.478 e. The molecular weight excluding hydrogens is 358 g/mol. The molecule has 0 aromatic heterocycles. The highest BCUT2D eigenvalue weighted by atomic mass is 16.4. The van der Waals surface area contributed by atoms with Gasteiger partial charge >= 0.3 is 12.0 Å². The van der Waals surface area contributed by atoms with E-state index in [2.05, 4.69) is 10.6 Å². The van der Waals surface area contributed by atoms with Gasteiger partial charge in [0.05, 0.1) is 5.56 Å². The summed E-state index contributed by atoms with van der Waals surface area (Å²) in [6, 6.07) is 6.64. The molecule has 0 bridgehead atoms. The number of rotatable bonds is 5. The Balaban J connectivity index is 1.39. The maximum atomic E-state index is 12.5. The lowest BCUT2D eigenvalue weighted by atomic mass is 9.92. The second kappa shape index (κ2) is 9.57. The van der Waals surface area contributed by atoms with Crippen molar-refractivity contribution in [2.75, 3.05) is 13.1 Å². The zero-order chi connectivity index (χ0) is 19.9. The van der Waals surface area contributed by atoms with E-state index in [1.54, 1.807) is 17.0 Å². The van der Waals surface area contributed by atoms with Crippen molar-refractivity contribution in [3.05, 3.63) is 35.4 Å². The SMILES string of the molecule is O=C(O)c1ccc(CNC(=O)N2CCC(C(=O)NC3CCCCC3)CC2)cc1. The number of benzene rings is 1. The fraction of sp³-hybridized carbons (Fsp3) is 0.571. The minimum absolute atomic E-state index is 0.00506. The van der Waals surface area contributed by atoms with Crippen molar-refractivity contribution in [2.45, 2.75) is 57.5 Å². The van der Waals surface area contributed by atoms with Crippen LogP contribution in [0.3, 0.4) is 0 Å². The molecule has 0 spiro atoms. The van der Waals surface area contributed by atoms with Gasteiger partial charge in [0, 0.05) is 31.6 Å². The molecule has 1 aromatic rings. The summed E-state index contributed by atoms with van der Waals surface area (Å²) in [5.41, 5.74) is 1.07. The van der Waals surface area contributed by atoms with Crippen molar-refractivity contribution in [1.29, 1.82) is 0 Å². The van der Waals surface area contributed by atoms with Crippen LogP contribution < -0.4 is 10.6 Å². The first-order valence-electron chi connectivity index (χ1n) is 10.2. The number of hydrogen-bond donors (Lipinski definition) is 3. The molecule has 0 radical (unpaired) electrons. The molecule has 2 fully saturated rings. The highest BCUT2D eigenvalue weighted by Gasteiger charge is 2.28. The summed E-state index contributed by atoms with van der Waals surface area (Å²) in [6.07, 6.45) is 7.22. The normalized spacial score (nSPS) is 18.5. The molecule has 7 heteroatoms. The second-order valence-corrected chi connectivity index (χ2v) is 7.77. The molecule has 3 amide bonds. The lowest BCUT2D eigenvalue weighted by Crippen LogP contribution is -2.48. The molecule has 1 aromatic carbocycles. The zero-order valence-corrected chi connectivity index (χ0v) is 16.2. The molecule has 7 nitrogen and oxygen atoms in total. The molecule has 3 N–H and O–H groups in total. The Kier molecular flexibility index (Phi) is 6.90. The molecule has 28 heavy (non-hydrogen) atoms. The van der Waals surface area contributed by atoms with Gasteiger partial charge in [0.1, 0.15) is 0 Å². The summed E-state index contributed by atoms with van der Waals surface area (Å²) in [4.78, 5) is 37.4. The first kappa shape index (κ1) is 20.2. The van der Waals surface area contributed by atoms with Gasteiger partial charge < -0.3 is 20.6 Å². The lowest BCUT2D eigenvalue weighted by Gasteiger charge is -2.32. The van der Waals surface area contributed by atoms with E-state index in [0.29, 0.717) is 38.5 Å². The Morgan fingerprint density at radius 1 is 0.964 bits per heavy atom. The monoisotopic (exact) mass is 387 g/mol. The summed E-state index contributed by atoms with van der Waals surface area (Å²) in [5, 5.41) is 15.0. The van der Waals surface area contributed by atoms with Crippen molar-refractivity contribution in [3.8, 4) is 0 Å². The predicted octanol–water partition coefficient (Wildman–Crippen LogP) is 2.76. The fourth-order valence-corrected chi connectivity index (χ4v) is 3.97. The Labute approximate surface area is 165 Å². The Hall–Kier alpha value is -2.57. The molecule has 152 valence electrons. The van der Waals surface area contributed by atoms with E-state index < -0.39 is 5.97 Å². The van der Waals surface area contributed by atoms with Crippen LogP contribution in [0.25, 0.3) is 0 Å². The van der Waals surface area contributed by atoms with Crippen molar-refractivity contribution in [2.24, 2.45) is 5.92 Å². The van der Waals surface area contributed by atoms with Crippen molar-refractivity contribution >= 4 is 17.9 Å². The van der Waals surface area contributed by atoms with Gasteiger partial charge in [-0.2, -0.15) is 0 Å². The molecule has 0 unspecified atom stereocenters. The van der Waals surface area contributed by atoms with Crippen LogP contribution in [0.5, 0.6) is 0 Å². The average molecular weight is 387 g/mol. The Morgan fingerprint density at radius 2 is 1.61 bits per heavy atom. The molecule has 1 saturated carbocycles. The first-order valence-corrected chi connectivity index (χ1v) is 10.2. The number of carboxylic acid groups (broad SMARTS) is 1. The molecule has 3 rings (SSSR count). The fourth-order valence-electron chi connectivity index (χ4n) is 3.97. The van der Waals surface area contributed by atoms with Crippen LogP contribution in [0.2, 0.25) is 0 Å². The van der Waals surface area contributed by atoms with Crippen molar-refractivity contribution < 1.29 is 19.5 Å². The number of carbonyl (C=O) groups excluding carboxylic acids is 2. The van der Waals surface area contributed by atoms with E-state index in [0.717, 1.165) is 18.4 Å². The van der Waals surface area contributed by atoms with Crippen molar-refractivity contribution in [1.82, 2.24) is 15.5 Å². The third kappa shape index (κ3) is 5.47. The Morgan fingerprint density at radius 3 is 2.21 bits per heavy atom. The van der Waals surface area contributed by atoms with E-state index in [1.807, 2.05) is 0 Å². The van der Waals surface area contributed by atoms with E-state index in [-0.39, 0.29) is 23.4 Å². The highest BCUT2D eigenvalue weighted by Crippen LogP contribution is 2.21. The van der Waals surface area contributed by atoms with E-state index in [4.69, 9.17) is 5.11 Å². The molecule has 0 atom stereocenters. The lowest BCUT2D eigenvalue weighted by molar-refractivity contribution is -0.127. The van der Waals surface area contributed by atoms with Crippen LogP contribution >= 0.6 is 0 Å². The number of carboxylic acids is 1. The first-order chi connectivity index (χ1) is 13.5. The number of carbonyl (C=O) groups is 3. The third-order valence-electron chi connectivity index (χ3n) is 5.75. The molecule has 2 aliphatic rings. The van der Waals surface area contributed by atoms with Gasteiger partial charge in [-0.25, -0.2) is 9.59 Å². The van der Waals surface area contributed by atoms with Gasteiger partial charge in [-0.1, -0.05) is 31.4 Å². The molecule has 1 heterocycles. The van der Waals surface area contributed by atoms with Crippen LogP contribution in [0.4, 0.5) is 4.79 Å². The van der Waals surface area contributed by atoms with Gasteiger partial charge in [0.15, 0.2) is 0 Å². The minimum Gasteiger partial charge on any atom is -0.478 e. The van der Waals surface area contributed by atoms with Gasteiger partial charge in [0.2, 0.25) is 5.91 Å². The smallest absolute Gasteiger partial charge is 0.335 e. The number of urea groups is 1. The van der Waals surface area contributed by atoms with Crippen LogP contribution in [-0.2, 0) is 11.3 Å². The summed E-state index contributed by atoms with van der Waals surface area (Å²) in [6.45, 7) is 1.50. The van der Waals surface area contributed by atoms with Gasteiger partial charge in [0.25, 0.3) is 0 Å². The topological polar surface area (TPSA) is 98.7 Å². The number of piperidine rings is 1. The summed E-state index contributed by atoms with van der Waals surface area (Å²) < 4.78 is 0. The molecule has 1 aliphatic carbocycles. The maximum Gasteiger partial charge on any atom is 0.335 e. The predicted molar refractivity (Wildman–Crippen MR) is 105 cm³/mol. The summed E-state index contributed by atoms with van der Waals surface area (Å²) in [5.74, 6) is -0.828. The number of hydrogen-bond acceptors (Lipinski definition) is 3. The van der Waals surface area contributed by atoms with Crippen molar-refractivity contribution in [3.63, 3.8) is 0 Å². The van der Waals surface area contributed by atoms with Crippen LogP contribution in [-0.4, -0.2) is 47.0 Å². The molecule has 1 saturated heterocycles. The summed E-state index contributed by atoms with van der Waals surface area (Å²) in [7, 11) is 0. The van der Waals surface area contributed by atoms with Gasteiger partial charge in [-0.05, 0) is 43.4 Å². The number of likely N-dealkylation sites (tertiary alicyclic amines) is 1. The summed E-state index contributed by atoms with van der Waals surface area (Å²) >= 11 is 0. The number of nitrogens with one attached hydrogen (secondary N) is 2. The zero-order valence-electron chi connectivity index (χ0n) is 16.2. The minimum atomic E-state index is -0.967. The quantitative estimate of drug-likeness (QED) is 0.723. The van der Waals surface area contributed by atoms with Gasteiger partial charge in [-0.3, -0.25) is 4.79 Å². The number of amides is 3.